The van der Waals surface area contributed by atoms with Crippen LogP contribution in [0.5, 0.6) is 5.75 Å². The number of benzene rings is 1. The van der Waals surface area contributed by atoms with Gasteiger partial charge < -0.3 is 15.6 Å². The maximum atomic E-state index is 10.0. The summed E-state index contributed by atoms with van der Waals surface area (Å²) in [6.45, 7) is 15.2. The molecular formula is C18H31NO2. The first-order valence-corrected chi connectivity index (χ1v) is 7.57. The number of hydrogen-bond donors (Lipinski definition) is 2. The van der Waals surface area contributed by atoms with Gasteiger partial charge in [0.15, 0.2) is 0 Å². The third-order valence-corrected chi connectivity index (χ3v) is 3.63. The predicted molar refractivity (Wildman–Crippen MR) is 89.0 cm³/mol. The van der Waals surface area contributed by atoms with Crippen molar-refractivity contribution in [1.82, 2.24) is 0 Å². The van der Waals surface area contributed by atoms with Crippen LogP contribution in [0.3, 0.4) is 0 Å². The van der Waals surface area contributed by atoms with Crippen LogP contribution >= 0.6 is 0 Å². The molecule has 0 aliphatic carbocycles. The number of nitrogens with two attached hydrogens (primary N) is 1. The van der Waals surface area contributed by atoms with Crippen molar-refractivity contribution in [2.24, 2.45) is 5.73 Å². The van der Waals surface area contributed by atoms with Crippen molar-refractivity contribution >= 4 is 0 Å². The molecule has 3 N–H and O–H groups in total. The highest BCUT2D eigenvalue weighted by Gasteiger charge is 2.25. The molecule has 0 aromatic heterocycles. The highest BCUT2D eigenvalue weighted by atomic mass is 16.5. The zero-order valence-electron chi connectivity index (χ0n) is 14.6. The molecule has 0 radical (unpaired) electrons. The Bertz CT molecular complexity index is 479. The quantitative estimate of drug-likeness (QED) is 0.895. The van der Waals surface area contributed by atoms with Gasteiger partial charge >= 0.3 is 0 Å². The van der Waals surface area contributed by atoms with Gasteiger partial charge in [0.05, 0.1) is 0 Å². The second kappa shape index (κ2) is 5.98. The van der Waals surface area contributed by atoms with Crippen LogP contribution in [0.4, 0.5) is 0 Å². The first kappa shape index (κ1) is 18.0. The van der Waals surface area contributed by atoms with Crippen LogP contribution in [0.25, 0.3) is 0 Å². The summed E-state index contributed by atoms with van der Waals surface area (Å²) in [5.74, 6) is 0.823. The van der Waals surface area contributed by atoms with Crippen LogP contribution in [0.15, 0.2) is 18.2 Å². The molecule has 0 bridgehead atoms. The third-order valence-electron chi connectivity index (χ3n) is 3.63. The summed E-state index contributed by atoms with van der Waals surface area (Å²) in [5.41, 5.74) is 7.06. The highest BCUT2D eigenvalue weighted by Crippen LogP contribution is 2.35. The molecule has 0 aliphatic rings. The van der Waals surface area contributed by atoms with Gasteiger partial charge in [-0.25, -0.2) is 0 Å². The van der Waals surface area contributed by atoms with Crippen molar-refractivity contribution in [2.75, 3.05) is 13.2 Å². The Balaban J connectivity index is 3.15. The van der Waals surface area contributed by atoms with Gasteiger partial charge in [-0.15, -0.1) is 0 Å². The van der Waals surface area contributed by atoms with E-state index in [2.05, 4.69) is 53.7 Å². The zero-order chi connectivity index (χ0) is 16.5. The van der Waals surface area contributed by atoms with Gasteiger partial charge in [-0.05, 0) is 34.9 Å². The van der Waals surface area contributed by atoms with Gasteiger partial charge in [-0.2, -0.15) is 0 Å². The lowest BCUT2D eigenvalue weighted by Gasteiger charge is -2.29. The topological polar surface area (TPSA) is 55.5 Å². The van der Waals surface area contributed by atoms with Crippen LogP contribution in [0.1, 0.15) is 59.6 Å². The normalized spacial score (nSPS) is 15.7. The maximum Gasteiger partial charge on any atom is 0.123 e. The second-order valence-electron chi connectivity index (χ2n) is 8.20. The van der Waals surface area contributed by atoms with Crippen molar-refractivity contribution in [3.63, 3.8) is 0 Å². The van der Waals surface area contributed by atoms with Crippen LogP contribution in [0, 0.1) is 0 Å². The largest absolute Gasteiger partial charge is 0.490 e. The van der Waals surface area contributed by atoms with E-state index < -0.39 is 5.60 Å². The molecule has 21 heavy (non-hydrogen) atoms. The summed E-state index contributed by atoms with van der Waals surface area (Å²) in [6, 6.07) is 6.32. The minimum atomic E-state index is -1.00. The smallest absolute Gasteiger partial charge is 0.123 e. The van der Waals surface area contributed by atoms with E-state index in [0.717, 1.165) is 11.3 Å². The molecule has 3 nitrogen and oxygen atoms in total. The van der Waals surface area contributed by atoms with Gasteiger partial charge in [0.25, 0.3) is 0 Å². The van der Waals surface area contributed by atoms with Crippen LogP contribution < -0.4 is 10.5 Å². The van der Waals surface area contributed by atoms with Crippen molar-refractivity contribution in [1.29, 1.82) is 0 Å². The zero-order valence-corrected chi connectivity index (χ0v) is 14.6. The fourth-order valence-electron chi connectivity index (χ4n) is 2.00. The molecule has 1 rings (SSSR count). The third kappa shape index (κ3) is 5.01. The average molecular weight is 293 g/mol. The van der Waals surface area contributed by atoms with E-state index in [1.807, 2.05) is 6.07 Å². The molecule has 120 valence electrons. The Kier molecular flexibility index (Phi) is 5.12. The number of ether oxygens (including phenoxy) is 1. The fraction of sp³-hybridized carbons (Fsp3) is 0.667. The molecule has 1 unspecified atom stereocenters. The van der Waals surface area contributed by atoms with Crippen LogP contribution in [-0.4, -0.2) is 23.9 Å². The van der Waals surface area contributed by atoms with Gasteiger partial charge in [0.1, 0.15) is 18.0 Å². The molecule has 1 aromatic carbocycles. The number of hydrogen-bond acceptors (Lipinski definition) is 3. The van der Waals surface area contributed by atoms with E-state index in [0.29, 0.717) is 0 Å². The van der Waals surface area contributed by atoms with Crippen molar-refractivity contribution < 1.29 is 9.84 Å². The molecule has 3 heteroatoms. The SMILES string of the molecule is CC(O)(CN)COc1ccc(C(C)(C)C)cc1C(C)(C)C. The van der Waals surface area contributed by atoms with Crippen molar-refractivity contribution in [3.8, 4) is 5.75 Å². The van der Waals surface area contributed by atoms with Gasteiger partial charge in [-0.1, -0.05) is 53.7 Å². The fourth-order valence-corrected chi connectivity index (χ4v) is 2.00. The predicted octanol–water partition coefficient (Wildman–Crippen LogP) is 3.37. The summed E-state index contributed by atoms with van der Waals surface area (Å²) < 4.78 is 5.86. The average Bonchev–Trinajstić information content (AvgIpc) is 2.34. The molecule has 0 amide bonds. The molecule has 0 spiro atoms. The first-order chi connectivity index (χ1) is 9.37. The number of aliphatic hydroxyl groups is 1. The molecule has 0 heterocycles. The summed E-state index contributed by atoms with van der Waals surface area (Å²) in [7, 11) is 0. The Morgan fingerprint density at radius 1 is 1.00 bits per heavy atom. The molecule has 0 fully saturated rings. The lowest BCUT2D eigenvalue weighted by molar-refractivity contribution is 0.0189. The molecule has 0 saturated heterocycles. The van der Waals surface area contributed by atoms with Gasteiger partial charge in [0, 0.05) is 6.54 Å². The Hall–Kier alpha value is -1.06. The Morgan fingerprint density at radius 3 is 2.00 bits per heavy atom. The second-order valence-corrected chi connectivity index (χ2v) is 8.20. The summed E-state index contributed by atoms with van der Waals surface area (Å²) in [6.07, 6.45) is 0. The van der Waals surface area contributed by atoms with E-state index in [-0.39, 0.29) is 24.0 Å². The number of rotatable bonds is 4. The van der Waals surface area contributed by atoms with Crippen LogP contribution in [0.2, 0.25) is 0 Å². The Morgan fingerprint density at radius 2 is 1.57 bits per heavy atom. The highest BCUT2D eigenvalue weighted by molar-refractivity contribution is 5.43. The molecule has 1 atom stereocenters. The first-order valence-electron chi connectivity index (χ1n) is 7.57. The van der Waals surface area contributed by atoms with E-state index in [1.54, 1.807) is 6.92 Å². The summed E-state index contributed by atoms with van der Waals surface area (Å²) in [4.78, 5) is 0. The van der Waals surface area contributed by atoms with Gasteiger partial charge in [0.2, 0.25) is 0 Å². The lowest BCUT2D eigenvalue weighted by atomic mass is 9.80. The van der Waals surface area contributed by atoms with E-state index in [1.165, 1.54) is 5.56 Å². The van der Waals surface area contributed by atoms with Gasteiger partial charge in [-0.3, -0.25) is 0 Å². The van der Waals surface area contributed by atoms with E-state index in [4.69, 9.17) is 10.5 Å². The van der Waals surface area contributed by atoms with E-state index >= 15 is 0 Å². The van der Waals surface area contributed by atoms with E-state index in [9.17, 15) is 5.11 Å². The molecular weight excluding hydrogens is 262 g/mol. The lowest BCUT2D eigenvalue weighted by Crippen LogP contribution is -2.40. The molecule has 0 saturated carbocycles. The van der Waals surface area contributed by atoms with Crippen molar-refractivity contribution in [3.05, 3.63) is 29.3 Å². The minimum absolute atomic E-state index is 0.0227. The minimum Gasteiger partial charge on any atom is -0.490 e. The summed E-state index contributed by atoms with van der Waals surface area (Å²) >= 11 is 0. The van der Waals surface area contributed by atoms with Crippen LogP contribution in [-0.2, 0) is 10.8 Å². The maximum absolute atomic E-state index is 10.0. The standard InChI is InChI=1S/C18H31NO2/c1-16(2,3)13-8-9-15(14(10-13)17(4,5)6)21-12-18(7,20)11-19/h8-10,20H,11-12,19H2,1-7H3. The van der Waals surface area contributed by atoms with Crippen molar-refractivity contribution in [2.45, 2.75) is 64.9 Å². The Labute approximate surface area is 129 Å². The monoisotopic (exact) mass is 293 g/mol. The summed E-state index contributed by atoms with van der Waals surface area (Å²) in [5, 5.41) is 10.0. The molecule has 0 aliphatic heterocycles. The molecule has 1 aromatic rings.